The Hall–Kier alpha value is -1.55. The van der Waals surface area contributed by atoms with Gasteiger partial charge < -0.3 is 15.7 Å². The van der Waals surface area contributed by atoms with E-state index < -0.39 is 0 Å². The highest BCUT2D eigenvalue weighted by Gasteiger charge is 2.18. The fourth-order valence-corrected chi connectivity index (χ4v) is 2.99. The highest BCUT2D eigenvalue weighted by Crippen LogP contribution is 2.22. The van der Waals surface area contributed by atoms with Crippen molar-refractivity contribution in [1.29, 1.82) is 0 Å². The Labute approximate surface area is 134 Å². The molecule has 0 spiro atoms. The monoisotopic (exact) mass is 303 g/mol. The molecule has 1 aromatic carbocycles. The molecule has 4 heteroatoms. The van der Waals surface area contributed by atoms with Crippen molar-refractivity contribution in [3.63, 3.8) is 0 Å². The minimum Gasteiger partial charge on any atom is -0.393 e. The van der Waals surface area contributed by atoms with E-state index in [0.717, 1.165) is 19.0 Å². The third-order valence-electron chi connectivity index (χ3n) is 4.48. The molecular weight excluding hydrogens is 274 g/mol. The van der Waals surface area contributed by atoms with Crippen LogP contribution in [0.15, 0.2) is 35.3 Å². The summed E-state index contributed by atoms with van der Waals surface area (Å²) < 4.78 is 0. The average molecular weight is 303 g/mol. The summed E-state index contributed by atoms with van der Waals surface area (Å²) in [6, 6.07) is 10.3. The molecule has 0 bridgehead atoms. The Morgan fingerprint density at radius 2 is 1.95 bits per heavy atom. The van der Waals surface area contributed by atoms with Gasteiger partial charge in [-0.25, -0.2) is 0 Å². The zero-order chi connectivity index (χ0) is 15.9. The lowest BCUT2D eigenvalue weighted by atomic mass is 9.93. The van der Waals surface area contributed by atoms with Crippen molar-refractivity contribution in [2.24, 2.45) is 16.6 Å². The molecule has 0 saturated carbocycles. The molecule has 2 unspecified atom stereocenters. The highest BCUT2D eigenvalue weighted by molar-refractivity contribution is 5.78. The normalized spacial score (nSPS) is 20.0. The molecule has 1 aliphatic heterocycles. The quantitative estimate of drug-likeness (QED) is 0.649. The number of aliphatic hydroxyl groups is 1. The van der Waals surface area contributed by atoms with Crippen LogP contribution in [-0.2, 0) is 0 Å². The van der Waals surface area contributed by atoms with Crippen LogP contribution in [0.4, 0.5) is 0 Å². The lowest BCUT2D eigenvalue weighted by molar-refractivity contribution is 0.175. The van der Waals surface area contributed by atoms with Crippen LogP contribution < -0.4 is 5.73 Å². The highest BCUT2D eigenvalue weighted by atomic mass is 16.3. The van der Waals surface area contributed by atoms with E-state index in [4.69, 9.17) is 5.73 Å². The van der Waals surface area contributed by atoms with Gasteiger partial charge in [-0.15, -0.1) is 0 Å². The summed E-state index contributed by atoms with van der Waals surface area (Å²) in [5.74, 6) is 1.65. The lowest BCUT2D eigenvalue weighted by Crippen LogP contribution is -2.42. The van der Waals surface area contributed by atoms with Gasteiger partial charge in [-0.05, 0) is 37.7 Å². The third-order valence-corrected chi connectivity index (χ3v) is 4.48. The van der Waals surface area contributed by atoms with Crippen LogP contribution in [0.2, 0.25) is 0 Å². The zero-order valence-electron chi connectivity index (χ0n) is 13.8. The molecule has 1 aromatic rings. The van der Waals surface area contributed by atoms with Crippen molar-refractivity contribution in [2.75, 3.05) is 19.6 Å². The number of aliphatic imine (C=N–C) groups is 1. The van der Waals surface area contributed by atoms with E-state index in [1.165, 1.54) is 18.4 Å². The molecule has 1 heterocycles. The van der Waals surface area contributed by atoms with Gasteiger partial charge in [0.1, 0.15) is 0 Å². The Morgan fingerprint density at radius 1 is 1.32 bits per heavy atom. The summed E-state index contributed by atoms with van der Waals surface area (Å²) in [6.45, 7) is 6.76. The number of benzene rings is 1. The number of likely N-dealkylation sites (tertiary alicyclic amines) is 1. The molecule has 0 radical (unpaired) electrons. The number of aliphatic hydroxyl groups excluding tert-OH is 1. The van der Waals surface area contributed by atoms with Crippen LogP contribution in [0, 0.1) is 5.92 Å². The van der Waals surface area contributed by atoms with E-state index in [0.29, 0.717) is 18.9 Å². The SMILES string of the molecule is CC(O)CC(CN=C(N)N1CCC(C)CC1)c1ccccc1. The van der Waals surface area contributed by atoms with E-state index in [2.05, 4.69) is 28.9 Å². The first-order valence-electron chi connectivity index (χ1n) is 8.34. The molecule has 122 valence electrons. The van der Waals surface area contributed by atoms with E-state index in [9.17, 15) is 5.11 Å². The van der Waals surface area contributed by atoms with Crippen LogP contribution >= 0.6 is 0 Å². The minimum atomic E-state index is -0.336. The summed E-state index contributed by atoms with van der Waals surface area (Å²) in [5.41, 5.74) is 7.38. The molecule has 4 nitrogen and oxygen atoms in total. The zero-order valence-corrected chi connectivity index (χ0v) is 13.8. The molecule has 3 N–H and O–H groups in total. The maximum absolute atomic E-state index is 9.74. The summed E-state index contributed by atoms with van der Waals surface area (Å²) in [7, 11) is 0. The Morgan fingerprint density at radius 3 is 2.55 bits per heavy atom. The van der Waals surface area contributed by atoms with Crippen molar-refractivity contribution >= 4 is 5.96 Å². The van der Waals surface area contributed by atoms with Crippen LogP contribution in [0.3, 0.4) is 0 Å². The van der Waals surface area contributed by atoms with Crippen molar-refractivity contribution in [3.05, 3.63) is 35.9 Å². The molecule has 0 aliphatic carbocycles. The number of piperidine rings is 1. The Kier molecular flexibility index (Phi) is 6.25. The van der Waals surface area contributed by atoms with Gasteiger partial charge in [0.15, 0.2) is 5.96 Å². The first kappa shape index (κ1) is 16.8. The van der Waals surface area contributed by atoms with Gasteiger partial charge in [0.25, 0.3) is 0 Å². The second kappa shape index (κ2) is 8.18. The lowest BCUT2D eigenvalue weighted by Gasteiger charge is -2.31. The number of guanidine groups is 1. The molecule has 1 aliphatic rings. The molecule has 2 atom stereocenters. The standard InChI is InChI=1S/C18H29N3O/c1-14-8-10-21(11-9-14)18(19)20-13-17(12-15(2)22)16-6-4-3-5-7-16/h3-7,14-15,17,22H,8-13H2,1-2H3,(H2,19,20). The maximum Gasteiger partial charge on any atom is 0.191 e. The fraction of sp³-hybridized carbons (Fsp3) is 0.611. The second-order valence-corrected chi connectivity index (χ2v) is 6.56. The molecule has 1 saturated heterocycles. The number of hydrogen-bond acceptors (Lipinski definition) is 2. The molecule has 0 amide bonds. The summed E-state index contributed by atoms with van der Waals surface area (Å²) >= 11 is 0. The van der Waals surface area contributed by atoms with Gasteiger partial charge >= 0.3 is 0 Å². The van der Waals surface area contributed by atoms with Gasteiger partial charge in [-0.2, -0.15) is 0 Å². The van der Waals surface area contributed by atoms with Crippen LogP contribution in [-0.4, -0.2) is 41.7 Å². The van der Waals surface area contributed by atoms with Gasteiger partial charge in [-0.3, -0.25) is 4.99 Å². The van der Waals surface area contributed by atoms with Crippen molar-refractivity contribution < 1.29 is 5.11 Å². The number of nitrogens with zero attached hydrogens (tertiary/aromatic N) is 2. The molecular formula is C18H29N3O. The van der Waals surface area contributed by atoms with Crippen LogP contribution in [0.1, 0.15) is 44.6 Å². The predicted molar refractivity (Wildman–Crippen MR) is 91.9 cm³/mol. The topological polar surface area (TPSA) is 61.9 Å². The van der Waals surface area contributed by atoms with E-state index in [-0.39, 0.29) is 12.0 Å². The molecule has 2 rings (SSSR count). The summed E-state index contributed by atoms with van der Waals surface area (Å²) in [5, 5.41) is 9.74. The predicted octanol–water partition coefficient (Wildman–Crippen LogP) is 2.59. The van der Waals surface area contributed by atoms with Crippen molar-refractivity contribution in [1.82, 2.24) is 4.90 Å². The van der Waals surface area contributed by atoms with Crippen LogP contribution in [0.5, 0.6) is 0 Å². The first-order chi connectivity index (χ1) is 10.6. The third kappa shape index (κ3) is 5.02. The van der Waals surface area contributed by atoms with Gasteiger partial charge in [-0.1, -0.05) is 37.3 Å². The van der Waals surface area contributed by atoms with E-state index >= 15 is 0 Å². The summed E-state index contributed by atoms with van der Waals surface area (Å²) in [6.07, 6.45) is 2.74. The fourth-order valence-electron chi connectivity index (χ4n) is 2.99. The van der Waals surface area contributed by atoms with Crippen molar-refractivity contribution in [3.8, 4) is 0 Å². The average Bonchev–Trinajstić information content (AvgIpc) is 2.52. The smallest absolute Gasteiger partial charge is 0.191 e. The molecule has 0 aromatic heterocycles. The first-order valence-corrected chi connectivity index (χ1v) is 8.34. The number of hydrogen-bond donors (Lipinski definition) is 2. The van der Waals surface area contributed by atoms with Gasteiger partial charge in [0.2, 0.25) is 0 Å². The van der Waals surface area contributed by atoms with Gasteiger partial charge in [0.05, 0.1) is 6.10 Å². The number of nitrogens with two attached hydrogens (primary N) is 1. The largest absolute Gasteiger partial charge is 0.393 e. The van der Waals surface area contributed by atoms with Gasteiger partial charge in [0, 0.05) is 25.6 Å². The van der Waals surface area contributed by atoms with Crippen molar-refractivity contribution in [2.45, 2.75) is 45.1 Å². The summed E-state index contributed by atoms with van der Waals surface area (Å²) in [4.78, 5) is 6.80. The minimum absolute atomic E-state index is 0.212. The van der Waals surface area contributed by atoms with E-state index in [1.807, 2.05) is 25.1 Å². The maximum atomic E-state index is 9.74. The Bertz CT molecular complexity index is 464. The molecule has 1 fully saturated rings. The second-order valence-electron chi connectivity index (χ2n) is 6.56. The Balaban J connectivity index is 1.99. The van der Waals surface area contributed by atoms with Crippen LogP contribution in [0.25, 0.3) is 0 Å². The van der Waals surface area contributed by atoms with E-state index in [1.54, 1.807) is 0 Å². The molecule has 22 heavy (non-hydrogen) atoms. The number of rotatable bonds is 5.